The largest absolute Gasteiger partial charge is 0.530 e. The first-order chi connectivity index (χ1) is 5.70. The Bertz CT molecular complexity index is 146. The summed E-state index contributed by atoms with van der Waals surface area (Å²) in [7, 11) is 8.98. The van der Waals surface area contributed by atoms with Crippen LogP contribution in [0.25, 0.3) is 0 Å². The van der Waals surface area contributed by atoms with Gasteiger partial charge in [-0.25, -0.2) is 0 Å². The van der Waals surface area contributed by atoms with E-state index in [1.807, 2.05) is 0 Å². The number of aliphatic hydroxyl groups is 1. The first kappa shape index (κ1) is 19.5. The molecular formula is C8H21IN2O3. The normalized spacial score (nSPS) is 9.29. The second-order valence-electron chi connectivity index (χ2n) is 3.90. The fourth-order valence-electron chi connectivity index (χ4n) is 0.300. The van der Waals surface area contributed by atoms with Crippen LogP contribution in [0.1, 0.15) is 0 Å². The maximum Gasteiger partial charge on any atom is 0.136 e. The van der Waals surface area contributed by atoms with E-state index in [-0.39, 0.29) is 30.6 Å². The number of nitrogens with zero attached hydrogens (tertiary/aromatic N) is 2. The third kappa shape index (κ3) is 22.7. The van der Waals surface area contributed by atoms with Crippen LogP contribution in [0.2, 0.25) is 0 Å². The van der Waals surface area contributed by atoms with Gasteiger partial charge in [-0.2, -0.15) is 0 Å². The van der Waals surface area contributed by atoms with Gasteiger partial charge in [0.2, 0.25) is 0 Å². The maximum absolute atomic E-state index is 9.51. The van der Waals surface area contributed by atoms with Crippen molar-refractivity contribution in [2.24, 2.45) is 0 Å². The first-order valence-corrected chi connectivity index (χ1v) is 4.00. The van der Waals surface area contributed by atoms with E-state index in [1.54, 1.807) is 0 Å². The predicted molar refractivity (Wildman–Crippen MR) is 64.5 cm³/mol. The van der Waals surface area contributed by atoms with Crippen molar-refractivity contribution < 1.29 is 19.5 Å². The lowest BCUT2D eigenvalue weighted by atomic mass is 10.5. The van der Waals surface area contributed by atoms with Gasteiger partial charge in [-0.05, 0) is 0 Å². The summed E-state index contributed by atoms with van der Waals surface area (Å²) in [6.07, 6.45) is -1.16. The monoisotopic (exact) mass is 320 g/mol. The van der Waals surface area contributed by atoms with E-state index in [2.05, 4.69) is 21.1 Å². The summed E-state index contributed by atoms with van der Waals surface area (Å²) >= 11 is 0. The van der Waals surface area contributed by atoms with Crippen molar-refractivity contribution in [3.63, 3.8) is 0 Å². The molecule has 6 heteroatoms. The van der Waals surface area contributed by atoms with Gasteiger partial charge in [0.05, 0.1) is 27.7 Å². The van der Waals surface area contributed by atoms with Crippen molar-refractivity contribution in [3.8, 4) is 0 Å². The Morgan fingerprint density at radius 1 is 1.36 bits per heavy atom. The van der Waals surface area contributed by atoms with Crippen LogP contribution >= 0.6 is 24.0 Å². The van der Waals surface area contributed by atoms with Gasteiger partial charge in [-0.15, -0.1) is 24.0 Å². The van der Waals surface area contributed by atoms with E-state index in [9.17, 15) is 9.90 Å². The summed E-state index contributed by atoms with van der Waals surface area (Å²) in [6, 6.07) is 0. The molecule has 0 saturated heterocycles. The van der Waals surface area contributed by atoms with E-state index >= 15 is 0 Å². The summed E-state index contributed by atoms with van der Waals surface area (Å²) in [4.78, 5) is 10.5. The molecule has 14 heavy (non-hydrogen) atoms. The number of hydrogen-bond acceptors (Lipinski definition) is 3. The minimum atomic E-state index is -1.16. The Kier molecular flexibility index (Phi) is 13.2. The molecule has 0 saturated carbocycles. The minimum Gasteiger partial charge on any atom is -0.530 e. The van der Waals surface area contributed by atoms with Crippen molar-refractivity contribution in [1.82, 2.24) is 4.90 Å². The molecule has 0 fully saturated rings. The molecule has 0 aromatic heterocycles. The van der Waals surface area contributed by atoms with Gasteiger partial charge in [-0.1, -0.05) is 0 Å². The minimum absolute atomic E-state index is 0. The van der Waals surface area contributed by atoms with Crippen LogP contribution in [0.3, 0.4) is 0 Å². The number of hydrogen-bond donors (Lipinski definition) is 1. The standard InChI is InChI=1S/C5H14NO.C3H7NO2.HI/c1-6(2,3)4-5-7;1-4(2)3(5)6;/h7H,4-5H2,1-3H3;1-2H3,(H,5,6);1H/q+1;;/p-1. The average Bonchev–Trinajstić information content (AvgIpc) is 1.85. The van der Waals surface area contributed by atoms with Crippen molar-refractivity contribution in [3.05, 3.63) is 0 Å². The quantitative estimate of drug-likeness (QED) is 0.535. The Labute approximate surface area is 103 Å². The topological polar surface area (TPSA) is 63.6 Å². The molecule has 0 aromatic carbocycles. The number of carboxylic acid groups (broad SMARTS) is 1. The Balaban J connectivity index is -0.000000163. The molecule has 0 aliphatic heterocycles. The number of aliphatic hydroxyl groups excluding tert-OH is 1. The molecular weight excluding hydrogens is 299 g/mol. The summed E-state index contributed by atoms with van der Waals surface area (Å²) < 4.78 is 0.844. The molecule has 0 rings (SSSR count). The average molecular weight is 320 g/mol. The van der Waals surface area contributed by atoms with Gasteiger partial charge in [0.15, 0.2) is 0 Å². The van der Waals surface area contributed by atoms with Gasteiger partial charge in [-0.3, -0.25) is 0 Å². The van der Waals surface area contributed by atoms with Crippen LogP contribution in [-0.4, -0.2) is 69.0 Å². The zero-order valence-electron chi connectivity index (χ0n) is 9.48. The molecule has 5 nitrogen and oxygen atoms in total. The van der Waals surface area contributed by atoms with Crippen molar-refractivity contribution in [2.45, 2.75) is 0 Å². The molecule has 0 aromatic rings. The molecule has 1 amide bonds. The maximum atomic E-state index is 9.51. The molecule has 1 N–H and O–H groups in total. The highest BCUT2D eigenvalue weighted by atomic mass is 127. The molecule has 0 aliphatic carbocycles. The van der Waals surface area contributed by atoms with Crippen LogP contribution in [0.4, 0.5) is 4.79 Å². The van der Waals surface area contributed by atoms with E-state index in [1.165, 1.54) is 14.1 Å². The second-order valence-corrected chi connectivity index (χ2v) is 3.90. The van der Waals surface area contributed by atoms with Gasteiger partial charge < -0.3 is 24.4 Å². The summed E-state index contributed by atoms with van der Waals surface area (Å²) in [6.45, 7) is 1.11. The molecule has 0 aliphatic rings. The van der Waals surface area contributed by atoms with E-state index < -0.39 is 6.09 Å². The van der Waals surface area contributed by atoms with E-state index in [0.29, 0.717) is 0 Å². The molecule has 0 spiro atoms. The van der Waals surface area contributed by atoms with Crippen LogP contribution in [0.5, 0.6) is 0 Å². The van der Waals surface area contributed by atoms with Crippen molar-refractivity contribution >= 4 is 30.1 Å². The SMILES string of the molecule is CN(C)C(=O)[O-].C[N+](C)(C)CCO.I. The zero-order valence-corrected chi connectivity index (χ0v) is 11.8. The van der Waals surface area contributed by atoms with Crippen molar-refractivity contribution in [1.29, 1.82) is 0 Å². The van der Waals surface area contributed by atoms with Crippen LogP contribution < -0.4 is 5.11 Å². The molecule has 0 radical (unpaired) electrons. The van der Waals surface area contributed by atoms with E-state index in [0.717, 1.165) is 15.9 Å². The lowest BCUT2D eigenvalue weighted by molar-refractivity contribution is -0.870. The van der Waals surface area contributed by atoms with Crippen LogP contribution in [-0.2, 0) is 0 Å². The highest BCUT2D eigenvalue weighted by molar-refractivity contribution is 14.0. The number of likely N-dealkylation sites (N-methyl/N-ethyl adjacent to an activating group) is 1. The van der Waals surface area contributed by atoms with E-state index in [4.69, 9.17) is 5.11 Å². The summed E-state index contributed by atoms with van der Waals surface area (Å²) in [5, 5.41) is 17.9. The van der Waals surface area contributed by atoms with Gasteiger partial charge in [0.25, 0.3) is 0 Å². The van der Waals surface area contributed by atoms with Crippen LogP contribution in [0.15, 0.2) is 0 Å². The highest BCUT2D eigenvalue weighted by Crippen LogP contribution is 1.84. The van der Waals surface area contributed by atoms with Crippen LogP contribution in [0, 0.1) is 0 Å². The number of carbonyl (C=O) groups is 1. The lowest BCUT2D eigenvalue weighted by Gasteiger charge is -2.21. The second kappa shape index (κ2) is 9.47. The van der Waals surface area contributed by atoms with Crippen molar-refractivity contribution in [2.75, 3.05) is 48.4 Å². The number of quaternary nitrogens is 1. The number of amides is 1. The third-order valence-corrected chi connectivity index (χ3v) is 1.14. The van der Waals surface area contributed by atoms with Gasteiger partial charge >= 0.3 is 0 Å². The summed E-state index contributed by atoms with van der Waals surface area (Å²) in [5.41, 5.74) is 0. The highest BCUT2D eigenvalue weighted by Gasteiger charge is 2.02. The number of carbonyl (C=O) groups excluding carboxylic acids is 1. The lowest BCUT2D eigenvalue weighted by Crippen LogP contribution is -2.36. The molecule has 0 bridgehead atoms. The first-order valence-electron chi connectivity index (χ1n) is 4.00. The molecule has 0 heterocycles. The Hall–Kier alpha value is -0.0800. The number of rotatable bonds is 2. The van der Waals surface area contributed by atoms with Gasteiger partial charge in [0.1, 0.15) is 12.6 Å². The Morgan fingerprint density at radius 3 is 1.64 bits per heavy atom. The smallest absolute Gasteiger partial charge is 0.136 e. The Morgan fingerprint density at radius 2 is 1.64 bits per heavy atom. The fourth-order valence-corrected chi connectivity index (χ4v) is 0.300. The third-order valence-electron chi connectivity index (χ3n) is 1.14. The molecule has 0 unspecified atom stereocenters. The van der Waals surface area contributed by atoms with Gasteiger partial charge in [0, 0.05) is 14.1 Å². The fraction of sp³-hybridized carbons (Fsp3) is 0.875. The molecule has 0 atom stereocenters. The number of halogens is 1. The summed E-state index contributed by atoms with van der Waals surface area (Å²) in [5.74, 6) is 0. The zero-order chi connectivity index (χ0) is 11.1. The molecule has 88 valence electrons. The predicted octanol–water partition coefficient (Wildman–Crippen LogP) is -0.806.